The van der Waals surface area contributed by atoms with Crippen LogP contribution in [-0.2, 0) is 0 Å². The standard InChI is InChI=1S/C13H16N4/c1-10-14-8-9-17(10)13-6-2-4-12(16-13)11-5-3-7-15-11/h2,4,6,8-9,11,15H,3,5,7H2,1H3/t11-/m1/s1. The molecule has 0 amide bonds. The second-order valence-electron chi connectivity index (χ2n) is 4.41. The molecule has 1 saturated heterocycles. The van der Waals surface area contributed by atoms with Crippen molar-refractivity contribution in [3.8, 4) is 5.82 Å². The lowest BCUT2D eigenvalue weighted by atomic mass is 10.1. The van der Waals surface area contributed by atoms with Crippen molar-refractivity contribution in [2.75, 3.05) is 6.54 Å². The molecule has 0 radical (unpaired) electrons. The van der Waals surface area contributed by atoms with Crippen LogP contribution in [0.25, 0.3) is 5.82 Å². The van der Waals surface area contributed by atoms with Crippen molar-refractivity contribution in [1.29, 1.82) is 0 Å². The third kappa shape index (κ3) is 1.96. The maximum Gasteiger partial charge on any atom is 0.138 e. The highest BCUT2D eigenvalue weighted by molar-refractivity contribution is 5.27. The van der Waals surface area contributed by atoms with Gasteiger partial charge in [0.15, 0.2) is 0 Å². The zero-order valence-corrected chi connectivity index (χ0v) is 9.93. The van der Waals surface area contributed by atoms with E-state index in [0.717, 1.165) is 23.9 Å². The highest BCUT2D eigenvalue weighted by Gasteiger charge is 2.17. The molecular weight excluding hydrogens is 212 g/mol. The van der Waals surface area contributed by atoms with Gasteiger partial charge < -0.3 is 5.32 Å². The molecule has 1 aliphatic heterocycles. The van der Waals surface area contributed by atoms with Crippen LogP contribution in [0.2, 0.25) is 0 Å². The summed E-state index contributed by atoms with van der Waals surface area (Å²) in [6.45, 7) is 3.09. The molecule has 1 fully saturated rings. The predicted molar refractivity (Wildman–Crippen MR) is 66.1 cm³/mol. The van der Waals surface area contributed by atoms with E-state index in [9.17, 15) is 0 Å². The number of aryl methyl sites for hydroxylation is 1. The Kier molecular flexibility index (Phi) is 2.65. The fourth-order valence-corrected chi connectivity index (χ4v) is 2.32. The average molecular weight is 228 g/mol. The van der Waals surface area contributed by atoms with Crippen molar-refractivity contribution in [2.24, 2.45) is 0 Å². The highest BCUT2D eigenvalue weighted by atomic mass is 15.1. The lowest BCUT2D eigenvalue weighted by molar-refractivity contribution is 0.625. The van der Waals surface area contributed by atoms with Gasteiger partial charge in [-0.25, -0.2) is 9.97 Å². The summed E-state index contributed by atoms with van der Waals surface area (Å²) in [6.07, 6.45) is 6.17. The summed E-state index contributed by atoms with van der Waals surface area (Å²) in [5.41, 5.74) is 1.13. The molecule has 0 saturated carbocycles. The first-order valence-electron chi connectivity index (χ1n) is 6.05. The monoisotopic (exact) mass is 228 g/mol. The number of nitrogens with one attached hydrogen (secondary N) is 1. The molecule has 4 nitrogen and oxygen atoms in total. The van der Waals surface area contributed by atoms with Crippen molar-refractivity contribution < 1.29 is 0 Å². The van der Waals surface area contributed by atoms with E-state index < -0.39 is 0 Å². The van der Waals surface area contributed by atoms with E-state index in [1.165, 1.54) is 12.8 Å². The molecular formula is C13H16N4. The van der Waals surface area contributed by atoms with Crippen LogP contribution in [-0.4, -0.2) is 21.1 Å². The second kappa shape index (κ2) is 4.30. The van der Waals surface area contributed by atoms with Crippen molar-refractivity contribution >= 4 is 0 Å². The van der Waals surface area contributed by atoms with Gasteiger partial charge in [0.05, 0.1) is 5.69 Å². The molecule has 0 aliphatic carbocycles. The molecule has 2 aromatic rings. The molecule has 1 aliphatic rings. The Balaban J connectivity index is 1.96. The van der Waals surface area contributed by atoms with Crippen LogP contribution in [0.4, 0.5) is 0 Å². The Labute approximate surface area is 101 Å². The zero-order valence-electron chi connectivity index (χ0n) is 9.93. The molecule has 0 aromatic carbocycles. The topological polar surface area (TPSA) is 42.7 Å². The molecule has 88 valence electrons. The number of nitrogens with zero attached hydrogens (tertiary/aromatic N) is 3. The van der Waals surface area contributed by atoms with Crippen LogP contribution >= 0.6 is 0 Å². The van der Waals surface area contributed by atoms with E-state index in [1.807, 2.05) is 23.8 Å². The smallest absolute Gasteiger partial charge is 0.138 e. The van der Waals surface area contributed by atoms with Crippen molar-refractivity contribution in [3.63, 3.8) is 0 Å². The van der Waals surface area contributed by atoms with E-state index in [0.29, 0.717) is 6.04 Å². The summed E-state index contributed by atoms with van der Waals surface area (Å²) in [6, 6.07) is 6.60. The predicted octanol–water partition coefficient (Wildman–Crippen LogP) is 2.00. The van der Waals surface area contributed by atoms with Gasteiger partial charge in [-0.15, -0.1) is 0 Å². The fraction of sp³-hybridized carbons (Fsp3) is 0.385. The van der Waals surface area contributed by atoms with Gasteiger partial charge in [0.25, 0.3) is 0 Å². The van der Waals surface area contributed by atoms with Crippen LogP contribution in [0.15, 0.2) is 30.6 Å². The zero-order chi connectivity index (χ0) is 11.7. The normalized spacial score (nSPS) is 19.7. The summed E-state index contributed by atoms with van der Waals surface area (Å²) in [4.78, 5) is 8.95. The van der Waals surface area contributed by atoms with Crippen LogP contribution in [0.3, 0.4) is 0 Å². The number of pyridine rings is 1. The average Bonchev–Trinajstić information content (AvgIpc) is 2.99. The highest BCUT2D eigenvalue weighted by Crippen LogP contribution is 2.22. The van der Waals surface area contributed by atoms with Crippen molar-refractivity contribution in [2.45, 2.75) is 25.8 Å². The summed E-state index contributed by atoms with van der Waals surface area (Å²) in [5, 5.41) is 3.47. The largest absolute Gasteiger partial charge is 0.309 e. The van der Waals surface area contributed by atoms with Gasteiger partial charge in [-0.1, -0.05) is 6.07 Å². The Morgan fingerprint density at radius 2 is 2.35 bits per heavy atom. The maximum atomic E-state index is 4.72. The summed E-state index contributed by atoms with van der Waals surface area (Å²) in [5.74, 6) is 1.92. The Bertz CT molecular complexity index is 512. The van der Waals surface area contributed by atoms with Gasteiger partial charge in [-0.3, -0.25) is 4.57 Å². The quantitative estimate of drug-likeness (QED) is 0.855. The molecule has 17 heavy (non-hydrogen) atoms. The fourth-order valence-electron chi connectivity index (χ4n) is 2.32. The van der Waals surface area contributed by atoms with Crippen LogP contribution in [0, 0.1) is 6.92 Å². The summed E-state index contributed by atoms with van der Waals surface area (Å²) < 4.78 is 2.01. The minimum absolute atomic E-state index is 0.416. The van der Waals surface area contributed by atoms with Gasteiger partial charge >= 0.3 is 0 Å². The number of rotatable bonds is 2. The first-order chi connectivity index (χ1) is 8.34. The SMILES string of the molecule is Cc1nccn1-c1cccc([C@H]2CCCN2)n1. The molecule has 3 heterocycles. The lowest BCUT2D eigenvalue weighted by Gasteiger charge is -2.11. The first-order valence-corrected chi connectivity index (χ1v) is 6.05. The van der Waals surface area contributed by atoms with Crippen LogP contribution < -0.4 is 5.32 Å². The number of hydrogen-bond acceptors (Lipinski definition) is 3. The molecule has 0 spiro atoms. The first kappa shape index (κ1) is 10.5. The molecule has 0 unspecified atom stereocenters. The van der Waals surface area contributed by atoms with Gasteiger partial charge in [-0.05, 0) is 38.4 Å². The second-order valence-corrected chi connectivity index (χ2v) is 4.41. The van der Waals surface area contributed by atoms with E-state index in [4.69, 9.17) is 4.98 Å². The number of imidazole rings is 1. The molecule has 3 rings (SSSR count). The van der Waals surface area contributed by atoms with Gasteiger partial charge in [0.1, 0.15) is 11.6 Å². The molecule has 4 heteroatoms. The molecule has 0 bridgehead atoms. The Hall–Kier alpha value is -1.68. The maximum absolute atomic E-state index is 4.72. The van der Waals surface area contributed by atoms with Gasteiger partial charge in [-0.2, -0.15) is 0 Å². The molecule has 1 N–H and O–H groups in total. The van der Waals surface area contributed by atoms with Gasteiger partial charge in [0, 0.05) is 18.4 Å². The molecule has 1 atom stereocenters. The Morgan fingerprint density at radius 3 is 3.06 bits per heavy atom. The van der Waals surface area contributed by atoms with Gasteiger partial charge in [0.2, 0.25) is 0 Å². The van der Waals surface area contributed by atoms with E-state index in [2.05, 4.69) is 22.4 Å². The van der Waals surface area contributed by atoms with Crippen LogP contribution in [0.5, 0.6) is 0 Å². The van der Waals surface area contributed by atoms with Crippen LogP contribution in [0.1, 0.15) is 30.4 Å². The Morgan fingerprint density at radius 1 is 1.41 bits per heavy atom. The van der Waals surface area contributed by atoms with E-state index in [1.54, 1.807) is 6.20 Å². The third-order valence-corrected chi connectivity index (χ3v) is 3.25. The minimum Gasteiger partial charge on any atom is -0.309 e. The van der Waals surface area contributed by atoms with E-state index >= 15 is 0 Å². The number of aromatic nitrogens is 3. The third-order valence-electron chi connectivity index (χ3n) is 3.25. The van der Waals surface area contributed by atoms with Crippen molar-refractivity contribution in [1.82, 2.24) is 19.9 Å². The summed E-state index contributed by atoms with van der Waals surface area (Å²) >= 11 is 0. The van der Waals surface area contributed by atoms with Crippen molar-refractivity contribution in [3.05, 3.63) is 42.1 Å². The lowest BCUT2D eigenvalue weighted by Crippen LogP contribution is -2.15. The minimum atomic E-state index is 0.416. The van der Waals surface area contributed by atoms with E-state index in [-0.39, 0.29) is 0 Å². The molecule has 2 aromatic heterocycles. The summed E-state index contributed by atoms with van der Waals surface area (Å²) in [7, 11) is 0. The number of hydrogen-bond donors (Lipinski definition) is 1.